The maximum atomic E-state index is 13.3. The molecule has 3 aromatic rings. The molecule has 0 atom stereocenters. The smallest absolute Gasteiger partial charge is 0.268 e. The van der Waals surface area contributed by atoms with E-state index in [4.69, 9.17) is 14.2 Å². The number of nitrogens with zero attached hydrogens (tertiary/aromatic N) is 1. The Balaban J connectivity index is 0.00000256. The van der Waals surface area contributed by atoms with Gasteiger partial charge in [0, 0.05) is 17.6 Å². The predicted molar refractivity (Wildman–Crippen MR) is 118 cm³/mol. The second kappa shape index (κ2) is 9.16. The summed E-state index contributed by atoms with van der Waals surface area (Å²) in [4.78, 5) is 0.149. The van der Waals surface area contributed by atoms with Gasteiger partial charge in [-0.1, -0.05) is 0 Å². The van der Waals surface area contributed by atoms with E-state index in [0.29, 0.717) is 22.8 Å². The van der Waals surface area contributed by atoms with Crippen LogP contribution in [-0.2, 0) is 10.0 Å². The molecule has 2 aromatic carbocycles. The van der Waals surface area contributed by atoms with Crippen molar-refractivity contribution >= 4 is 33.3 Å². The summed E-state index contributed by atoms with van der Waals surface area (Å²) in [5.74, 6) is 1.64. The largest absolute Gasteiger partial charge is 0.497 e. The van der Waals surface area contributed by atoms with E-state index in [1.807, 2.05) is 0 Å². The molecule has 0 aliphatic carbocycles. The van der Waals surface area contributed by atoms with Crippen LogP contribution in [-0.4, -0.2) is 45.8 Å². The molecular formula is C21H25ClN2O5S. The second-order valence-electron chi connectivity index (χ2n) is 6.92. The van der Waals surface area contributed by atoms with Crippen molar-refractivity contribution in [3.63, 3.8) is 0 Å². The monoisotopic (exact) mass is 452 g/mol. The zero-order chi connectivity index (χ0) is 20.4. The van der Waals surface area contributed by atoms with Crippen LogP contribution in [0.1, 0.15) is 12.8 Å². The first-order valence-corrected chi connectivity index (χ1v) is 10.9. The van der Waals surface area contributed by atoms with Crippen LogP contribution >= 0.6 is 12.4 Å². The molecule has 2 heterocycles. The number of methoxy groups -OCH3 is 2. The van der Waals surface area contributed by atoms with Crippen LogP contribution in [0.3, 0.4) is 0 Å². The fourth-order valence-corrected chi connectivity index (χ4v) is 4.92. The predicted octanol–water partition coefficient (Wildman–Crippen LogP) is 3.45. The van der Waals surface area contributed by atoms with Crippen molar-refractivity contribution in [1.82, 2.24) is 9.29 Å². The van der Waals surface area contributed by atoms with Crippen LogP contribution < -0.4 is 19.5 Å². The molecule has 7 nitrogen and oxygen atoms in total. The van der Waals surface area contributed by atoms with E-state index in [9.17, 15) is 8.42 Å². The lowest BCUT2D eigenvalue weighted by atomic mass is 10.1. The molecule has 1 aromatic heterocycles. The van der Waals surface area contributed by atoms with Gasteiger partial charge in [-0.3, -0.25) is 0 Å². The molecule has 9 heteroatoms. The molecule has 162 valence electrons. The van der Waals surface area contributed by atoms with E-state index < -0.39 is 10.0 Å². The van der Waals surface area contributed by atoms with Crippen LogP contribution in [0.5, 0.6) is 17.2 Å². The van der Waals surface area contributed by atoms with Gasteiger partial charge in [-0.2, -0.15) is 0 Å². The molecule has 0 bridgehead atoms. The lowest BCUT2D eigenvalue weighted by Crippen LogP contribution is -2.34. The summed E-state index contributed by atoms with van der Waals surface area (Å²) >= 11 is 0. The maximum absolute atomic E-state index is 13.3. The molecule has 4 rings (SSSR count). The summed E-state index contributed by atoms with van der Waals surface area (Å²) in [6.07, 6.45) is 3.31. The standard InChI is InChI=1S/C21H24N2O5S.ClH/c1-26-17-3-5-19-15(13-17)9-12-23(19)29(24,25)18-4-6-20(27-2)21(14-18)28-16-7-10-22-11-8-16;/h3-6,9,12-14,16,22H,7-8,10-11H2,1-2H3;1H. The first-order chi connectivity index (χ1) is 14.0. The van der Waals surface area contributed by atoms with Crippen LogP contribution in [0.25, 0.3) is 10.9 Å². The minimum Gasteiger partial charge on any atom is -0.497 e. The van der Waals surface area contributed by atoms with Gasteiger partial charge in [-0.15, -0.1) is 12.4 Å². The van der Waals surface area contributed by atoms with Crippen molar-refractivity contribution in [3.05, 3.63) is 48.7 Å². The molecule has 0 radical (unpaired) electrons. The molecule has 30 heavy (non-hydrogen) atoms. The first kappa shape index (κ1) is 22.3. The van der Waals surface area contributed by atoms with Crippen molar-refractivity contribution in [3.8, 4) is 17.2 Å². The average Bonchev–Trinajstić information content (AvgIpc) is 3.18. The van der Waals surface area contributed by atoms with E-state index in [1.54, 1.807) is 62.9 Å². The Bertz CT molecular complexity index is 1120. The molecule has 1 aliphatic rings. The number of hydrogen-bond acceptors (Lipinski definition) is 6. The van der Waals surface area contributed by atoms with Gasteiger partial charge in [0.2, 0.25) is 0 Å². The van der Waals surface area contributed by atoms with Crippen LogP contribution in [0.4, 0.5) is 0 Å². The number of rotatable bonds is 6. The van der Waals surface area contributed by atoms with Crippen LogP contribution in [0.15, 0.2) is 53.6 Å². The molecule has 0 saturated carbocycles. The highest BCUT2D eigenvalue weighted by atomic mass is 35.5. The Morgan fingerprint density at radius 1 is 0.967 bits per heavy atom. The number of halogens is 1. The quantitative estimate of drug-likeness (QED) is 0.617. The van der Waals surface area contributed by atoms with E-state index in [1.165, 1.54) is 3.97 Å². The summed E-state index contributed by atoms with van der Waals surface area (Å²) in [5.41, 5.74) is 0.586. The van der Waals surface area contributed by atoms with Crippen molar-refractivity contribution in [1.29, 1.82) is 0 Å². The molecule has 1 aliphatic heterocycles. The zero-order valence-electron chi connectivity index (χ0n) is 16.8. The summed E-state index contributed by atoms with van der Waals surface area (Å²) in [5, 5.41) is 4.07. The molecule has 1 N–H and O–H groups in total. The van der Waals surface area contributed by atoms with Crippen LogP contribution in [0, 0.1) is 0 Å². The zero-order valence-corrected chi connectivity index (χ0v) is 18.5. The average molecular weight is 453 g/mol. The molecule has 1 fully saturated rings. The fraction of sp³-hybridized carbons (Fsp3) is 0.333. The number of ether oxygens (including phenoxy) is 3. The number of hydrogen-bond donors (Lipinski definition) is 1. The minimum absolute atomic E-state index is 0. The third-order valence-corrected chi connectivity index (χ3v) is 6.82. The highest BCUT2D eigenvalue weighted by Gasteiger charge is 2.23. The van der Waals surface area contributed by atoms with E-state index >= 15 is 0 Å². The summed E-state index contributed by atoms with van der Waals surface area (Å²) in [7, 11) is -0.675. The maximum Gasteiger partial charge on any atom is 0.268 e. The normalized spacial score (nSPS) is 14.9. The van der Waals surface area contributed by atoms with Gasteiger partial charge in [0.25, 0.3) is 10.0 Å². The van der Waals surface area contributed by atoms with Crippen molar-refractivity contribution in [2.75, 3.05) is 27.3 Å². The van der Waals surface area contributed by atoms with Gasteiger partial charge in [-0.25, -0.2) is 12.4 Å². The SMILES string of the molecule is COc1ccc2c(ccn2S(=O)(=O)c2ccc(OC)c(OC3CCNCC3)c2)c1.Cl. The third kappa shape index (κ3) is 4.21. The molecule has 0 unspecified atom stereocenters. The Hall–Kier alpha value is -2.42. The highest BCUT2D eigenvalue weighted by Crippen LogP contribution is 2.33. The lowest BCUT2D eigenvalue weighted by molar-refractivity contribution is 0.156. The van der Waals surface area contributed by atoms with Gasteiger partial charge in [0.15, 0.2) is 11.5 Å². The minimum atomic E-state index is -3.80. The number of benzene rings is 2. The second-order valence-corrected chi connectivity index (χ2v) is 8.74. The van der Waals surface area contributed by atoms with Gasteiger partial charge in [0.05, 0.1) is 24.6 Å². The Morgan fingerprint density at radius 2 is 1.73 bits per heavy atom. The van der Waals surface area contributed by atoms with Gasteiger partial charge >= 0.3 is 0 Å². The van der Waals surface area contributed by atoms with Crippen molar-refractivity contribution in [2.45, 2.75) is 23.8 Å². The summed E-state index contributed by atoms with van der Waals surface area (Å²) in [6, 6.07) is 11.8. The molecule has 0 amide bonds. The molecule has 0 spiro atoms. The van der Waals surface area contributed by atoms with Crippen molar-refractivity contribution < 1.29 is 22.6 Å². The Labute approximate surface area is 182 Å². The van der Waals surface area contributed by atoms with E-state index in [0.717, 1.165) is 31.3 Å². The highest BCUT2D eigenvalue weighted by molar-refractivity contribution is 7.90. The number of fused-ring (bicyclic) bond motifs is 1. The topological polar surface area (TPSA) is 78.8 Å². The van der Waals surface area contributed by atoms with Gasteiger partial charge in [0.1, 0.15) is 11.9 Å². The Kier molecular flexibility index (Phi) is 6.80. The summed E-state index contributed by atoms with van der Waals surface area (Å²) in [6.45, 7) is 1.76. The van der Waals surface area contributed by atoms with Gasteiger partial charge in [-0.05, 0) is 62.3 Å². The lowest BCUT2D eigenvalue weighted by Gasteiger charge is -2.25. The first-order valence-electron chi connectivity index (χ1n) is 9.49. The summed E-state index contributed by atoms with van der Waals surface area (Å²) < 4.78 is 44.6. The van der Waals surface area contributed by atoms with E-state index in [-0.39, 0.29) is 23.4 Å². The fourth-order valence-electron chi connectivity index (χ4n) is 3.55. The number of aromatic nitrogens is 1. The molecule has 1 saturated heterocycles. The molecular weight excluding hydrogens is 428 g/mol. The third-order valence-electron chi connectivity index (χ3n) is 5.13. The number of nitrogens with one attached hydrogen (secondary N) is 1. The van der Waals surface area contributed by atoms with Gasteiger partial charge < -0.3 is 19.5 Å². The van der Waals surface area contributed by atoms with E-state index in [2.05, 4.69) is 5.32 Å². The number of piperidine rings is 1. The Morgan fingerprint density at radius 3 is 2.43 bits per heavy atom. The van der Waals surface area contributed by atoms with Crippen LogP contribution in [0.2, 0.25) is 0 Å². The van der Waals surface area contributed by atoms with Crippen molar-refractivity contribution in [2.24, 2.45) is 0 Å².